The second-order valence-corrected chi connectivity index (χ2v) is 6.14. The lowest BCUT2D eigenvalue weighted by molar-refractivity contribution is -0.143. The van der Waals surface area contributed by atoms with E-state index in [-0.39, 0.29) is 23.8 Å². The summed E-state index contributed by atoms with van der Waals surface area (Å²) in [4.78, 5) is 25.4. The van der Waals surface area contributed by atoms with Crippen molar-refractivity contribution in [1.82, 2.24) is 4.90 Å². The van der Waals surface area contributed by atoms with Crippen molar-refractivity contribution >= 4 is 11.9 Å². The molecule has 1 N–H and O–H groups in total. The Hall–Kier alpha value is -1.06. The van der Waals surface area contributed by atoms with Crippen LogP contribution in [0.2, 0.25) is 0 Å². The SMILES string of the molecule is CC1C(C(=O)O)CCN1C(=O)C1C2CCCCC21. The van der Waals surface area contributed by atoms with E-state index >= 15 is 0 Å². The topological polar surface area (TPSA) is 57.6 Å². The number of fused-ring (bicyclic) bond motifs is 1. The maximum atomic E-state index is 12.5. The van der Waals surface area contributed by atoms with Gasteiger partial charge in [-0.25, -0.2) is 0 Å². The van der Waals surface area contributed by atoms with Gasteiger partial charge < -0.3 is 10.0 Å². The van der Waals surface area contributed by atoms with Crippen LogP contribution >= 0.6 is 0 Å². The first kappa shape index (κ1) is 12.0. The number of carboxylic acids is 1. The summed E-state index contributed by atoms with van der Waals surface area (Å²) in [6, 6.07) is -0.127. The van der Waals surface area contributed by atoms with Gasteiger partial charge in [-0.15, -0.1) is 0 Å². The number of carbonyl (C=O) groups is 2. The van der Waals surface area contributed by atoms with Crippen LogP contribution in [-0.2, 0) is 9.59 Å². The van der Waals surface area contributed by atoms with E-state index in [1.807, 2.05) is 11.8 Å². The molecule has 0 aromatic rings. The van der Waals surface area contributed by atoms with Gasteiger partial charge in [-0.3, -0.25) is 9.59 Å². The molecule has 1 amide bonds. The van der Waals surface area contributed by atoms with Crippen molar-refractivity contribution in [3.8, 4) is 0 Å². The Bertz CT molecular complexity index is 369. The fraction of sp³-hybridized carbons (Fsp3) is 0.857. The Morgan fingerprint density at radius 1 is 1.11 bits per heavy atom. The van der Waals surface area contributed by atoms with Crippen LogP contribution in [0.5, 0.6) is 0 Å². The lowest BCUT2D eigenvalue weighted by atomic mass is 10.0. The Balaban J connectivity index is 1.66. The molecule has 1 heterocycles. The van der Waals surface area contributed by atoms with Crippen molar-refractivity contribution in [2.75, 3.05) is 6.54 Å². The number of aliphatic carboxylic acids is 1. The second kappa shape index (κ2) is 4.25. The van der Waals surface area contributed by atoms with Gasteiger partial charge in [-0.2, -0.15) is 0 Å². The zero-order chi connectivity index (χ0) is 12.9. The average Bonchev–Trinajstić information content (AvgIpc) is 2.95. The summed E-state index contributed by atoms with van der Waals surface area (Å²) in [7, 11) is 0. The van der Waals surface area contributed by atoms with Gasteiger partial charge >= 0.3 is 5.97 Å². The van der Waals surface area contributed by atoms with Gasteiger partial charge in [0.1, 0.15) is 0 Å². The molecule has 100 valence electrons. The van der Waals surface area contributed by atoms with Crippen LogP contribution in [0.1, 0.15) is 39.0 Å². The van der Waals surface area contributed by atoms with Crippen LogP contribution in [0.4, 0.5) is 0 Å². The fourth-order valence-electron chi connectivity index (χ4n) is 4.13. The van der Waals surface area contributed by atoms with Gasteiger partial charge in [0.25, 0.3) is 0 Å². The zero-order valence-corrected chi connectivity index (χ0v) is 10.8. The standard InChI is InChI=1S/C14H21NO3/c1-8-9(14(17)18)6-7-15(8)13(16)12-10-4-2-3-5-11(10)12/h8-12H,2-7H2,1H3,(H,17,18). The maximum Gasteiger partial charge on any atom is 0.308 e. The molecule has 3 rings (SSSR count). The van der Waals surface area contributed by atoms with Crippen LogP contribution in [0.3, 0.4) is 0 Å². The van der Waals surface area contributed by atoms with E-state index in [9.17, 15) is 9.59 Å². The highest BCUT2D eigenvalue weighted by molar-refractivity contribution is 5.84. The Morgan fingerprint density at radius 2 is 1.72 bits per heavy atom. The first-order valence-electron chi connectivity index (χ1n) is 7.14. The third-order valence-electron chi connectivity index (χ3n) is 5.30. The van der Waals surface area contributed by atoms with Gasteiger partial charge in [-0.1, -0.05) is 12.8 Å². The molecule has 2 aliphatic carbocycles. The molecule has 0 bridgehead atoms. The number of nitrogens with zero attached hydrogens (tertiary/aromatic N) is 1. The summed E-state index contributed by atoms with van der Waals surface area (Å²) >= 11 is 0. The molecule has 0 aromatic carbocycles. The normalized spacial score (nSPS) is 42.5. The highest BCUT2D eigenvalue weighted by Crippen LogP contribution is 2.56. The van der Waals surface area contributed by atoms with Crippen LogP contribution in [-0.4, -0.2) is 34.5 Å². The number of likely N-dealkylation sites (tertiary alicyclic amines) is 1. The van der Waals surface area contributed by atoms with E-state index < -0.39 is 5.97 Å². The zero-order valence-electron chi connectivity index (χ0n) is 10.8. The molecule has 4 nitrogen and oxygen atoms in total. The van der Waals surface area contributed by atoms with Crippen molar-refractivity contribution in [1.29, 1.82) is 0 Å². The third kappa shape index (κ3) is 1.73. The molecule has 4 atom stereocenters. The van der Waals surface area contributed by atoms with Crippen molar-refractivity contribution in [2.45, 2.75) is 45.1 Å². The number of hydrogen-bond acceptors (Lipinski definition) is 2. The second-order valence-electron chi connectivity index (χ2n) is 6.14. The number of rotatable bonds is 2. The number of carbonyl (C=O) groups excluding carboxylic acids is 1. The minimum absolute atomic E-state index is 0.127. The summed E-state index contributed by atoms with van der Waals surface area (Å²) in [6.07, 6.45) is 5.54. The molecule has 18 heavy (non-hydrogen) atoms. The van der Waals surface area contributed by atoms with Crippen LogP contribution in [0.25, 0.3) is 0 Å². The first-order valence-corrected chi connectivity index (χ1v) is 7.14. The molecule has 3 fully saturated rings. The maximum absolute atomic E-state index is 12.5. The third-order valence-corrected chi connectivity index (χ3v) is 5.30. The van der Waals surface area contributed by atoms with Crippen LogP contribution in [0, 0.1) is 23.7 Å². The van der Waals surface area contributed by atoms with Gasteiger partial charge in [0, 0.05) is 18.5 Å². The van der Waals surface area contributed by atoms with Crippen molar-refractivity contribution in [2.24, 2.45) is 23.7 Å². The largest absolute Gasteiger partial charge is 0.481 e. The van der Waals surface area contributed by atoms with E-state index in [0.717, 1.165) is 0 Å². The quantitative estimate of drug-likeness (QED) is 0.813. The molecular formula is C14H21NO3. The fourth-order valence-corrected chi connectivity index (χ4v) is 4.13. The highest BCUT2D eigenvalue weighted by atomic mass is 16.4. The molecule has 4 unspecified atom stereocenters. The summed E-state index contributed by atoms with van der Waals surface area (Å²) < 4.78 is 0. The molecule has 3 aliphatic rings. The van der Waals surface area contributed by atoms with Crippen LogP contribution in [0.15, 0.2) is 0 Å². The van der Waals surface area contributed by atoms with Gasteiger partial charge in [0.05, 0.1) is 5.92 Å². The first-order chi connectivity index (χ1) is 8.61. The van der Waals surface area contributed by atoms with E-state index in [0.29, 0.717) is 24.8 Å². The molecule has 1 saturated heterocycles. The van der Waals surface area contributed by atoms with Crippen molar-refractivity contribution in [3.05, 3.63) is 0 Å². The highest BCUT2D eigenvalue weighted by Gasteiger charge is 2.57. The predicted molar refractivity (Wildman–Crippen MR) is 65.9 cm³/mol. The molecule has 0 aromatic heterocycles. The summed E-state index contributed by atoms with van der Waals surface area (Å²) in [5.41, 5.74) is 0. The van der Waals surface area contributed by atoms with E-state index in [1.165, 1.54) is 25.7 Å². The molecule has 0 radical (unpaired) electrons. The van der Waals surface area contributed by atoms with Crippen LogP contribution < -0.4 is 0 Å². The molecule has 4 heteroatoms. The molecule has 1 aliphatic heterocycles. The van der Waals surface area contributed by atoms with E-state index in [2.05, 4.69) is 0 Å². The lowest BCUT2D eigenvalue weighted by Crippen LogP contribution is -2.39. The summed E-state index contributed by atoms with van der Waals surface area (Å²) in [6.45, 7) is 2.52. The summed E-state index contributed by atoms with van der Waals surface area (Å²) in [5, 5.41) is 9.11. The van der Waals surface area contributed by atoms with Crippen molar-refractivity contribution < 1.29 is 14.7 Å². The molecule has 0 spiro atoms. The number of hydrogen-bond donors (Lipinski definition) is 1. The van der Waals surface area contributed by atoms with Gasteiger partial charge in [-0.05, 0) is 38.0 Å². The van der Waals surface area contributed by atoms with Crippen molar-refractivity contribution in [3.63, 3.8) is 0 Å². The minimum atomic E-state index is -0.758. The van der Waals surface area contributed by atoms with Gasteiger partial charge in [0.2, 0.25) is 5.91 Å². The Labute approximate surface area is 107 Å². The summed E-state index contributed by atoms with van der Waals surface area (Å²) in [5.74, 6) is 0.566. The number of carboxylic acid groups (broad SMARTS) is 1. The molecular weight excluding hydrogens is 230 g/mol. The number of amides is 1. The Morgan fingerprint density at radius 3 is 2.22 bits per heavy atom. The van der Waals surface area contributed by atoms with E-state index in [4.69, 9.17) is 5.11 Å². The monoisotopic (exact) mass is 251 g/mol. The van der Waals surface area contributed by atoms with Gasteiger partial charge in [0.15, 0.2) is 0 Å². The van der Waals surface area contributed by atoms with E-state index in [1.54, 1.807) is 0 Å². The molecule has 2 saturated carbocycles. The smallest absolute Gasteiger partial charge is 0.308 e. The Kier molecular flexibility index (Phi) is 2.83. The minimum Gasteiger partial charge on any atom is -0.481 e. The lowest BCUT2D eigenvalue weighted by Gasteiger charge is -2.23. The predicted octanol–water partition coefficient (Wildman–Crippen LogP) is 1.74. The average molecular weight is 251 g/mol.